The van der Waals surface area contributed by atoms with Crippen molar-refractivity contribution in [1.82, 2.24) is 9.80 Å². The standard InChI is InChI=1S/C28H36N2O3S/c1-32-26(31)19-21-6-7-25-24(18-21)27(28-23(20-33-25)10-17-34-28)22-8-15-30(16-9-22)14-5-13-29-11-3-2-4-12-29/h6-7,10,17-18H,2-5,8-9,11-16,19-20H2,1H3. The Kier molecular flexibility index (Phi) is 7.67. The second-order valence-electron chi connectivity index (χ2n) is 9.72. The van der Waals surface area contributed by atoms with Gasteiger partial charge in [-0.2, -0.15) is 0 Å². The molecule has 182 valence electrons. The molecule has 0 atom stereocenters. The highest BCUT2D eigenvalue weighted by Crippen LogP contribution is 2.43. The summed E-state index contributed by atoms with van der Waals surface area (Å²) in [5, 5.41) is 2.17. The molecule has 0 spiro atoms. The lowest BCUT2D eigenvalue weighted by Crippen LogP contribution is -2.35. The second kappa shape index (κ2) is 11.1. The van der Waals surface area contributed by atoms with E-state index in [1.165, 1.54) is 80.6 Å². The van der Waals surface area contributed by atoms with Crippen LogP contribution in [0.1, 0.15) is 60.1 Å². The first kappa shape index (κ1) is 23.6. The van der Waals surface area contributed by atoms with E-state index in [4.69, 9.17) is 9.47 Å². The van der Waals surface area contributed by atoms with E-state index in [1.807, 2.05) is 23.5 Å². The van der Waals surface area contributed by atoms with Gasteiger partial charge in [0.15, 0.2) is 0 Å². The summed E-state index contributed by atoms with van der Waals surface area (Å²) in [6.45, 7) is 7.87. The maximum absolute atomic E-state index is 11.9. The topological polar surface area (TPSA) is 42.0 Å². The van der Waals surface area contributed by atoms with Crippen molar-refractivity contribution in [3.05, 3.63) is 56.8 Å². The summed E-state index contributed by atoms with van der Waals surface area (Å²) in [5.74, 6) is 0.710. The zero-order chi connectivity index (χ0) is 23.3. The summed E-state index contributed by atoms with van der Waals surface area (Å²) < 4.78 is 11.1. The highest BCUT2D eigenvalue weighted by atomic mass is 32.1. The maximum atomic E-state index is 11.9. The molecule has 1 aromatic carbocycles. The number of piperidine rings is 2. The lowest BCUT2D eigenvalue weighted by molar-refractivity contribution is -0.139. The van der Waals surface area contributed by atoms with Crippen LogP contribution in [0.25, 0.3) is 5.57 Å². The van der Waals surface area contributed by atoms with E-state index in [1.54, 1.807) is 0 Å². The van der Waals surface area contributed by atoms with Crippen LogP contribution >= 0.6 is 11.3 Å². The first-order valence-electron chi connectivity index (χ1n) is 12.8. The molecule has 34 heavy (non-hydrogen) atoms. The second-order valence-corrected chi connectivity index (χ2v) is 10.6. The van der Waals surface area contributed by atoms with Gasteiger partial charge < -0.3 is 19.3 Å². The normalized spacial score (nSPS) is 19.2. The third-order valence-electron chi connectivity index (χ3n) is 7.46. The van der Waals surface area contributed by atoms with Crippen LogP contribution in [0.4, 0.5) is 0 Å². The Labute approximate surface area is 207 Å². The molecule has 2 fully saturated rings. The minimum Gasteiger partial charge on any atom is -0.488 e. The van der Waals surface area contributed by atoms with E-state index >= 15 is 0 Å². The highest BCUT2D eigenvalue weighted by Gasteiger charge is 2.26. The van der Waals surface area contributed by atoms with E-state index in [-0.39, 0.29) is 12.4 Å². The molecular weight excluding hydrogens is 444 g/mol. The third-order valence-corrected chi connectivity index (χ3v) is 8.43. The van der Waals surface area contributed by atoms with Gasteiger partial charge in [-0.1, -0.05) is 18.1 Å². The van der Waals surface area contributed by atoms with Crippen LogP contribution in [0, 0.1) is 0 Å². The number of carbonyl (C=O) groups is 1. The predicted molar refractivity (Wildman–Crippen MR) is 137 cm³/mol. The Morgan fingerprint density at radius 1 is 1.03 bits per heavy atom. The molecule has 0 radical (unpaired) electrons. The fourth-order valence-corrected chi connectivity index (χ4v) is 6.56. The van der Waals surface area contributed by atoms with E-state index in [0.717, 1.165) is 42.8 Å². The monoisotopic (exact) mass is 480 g/mol. The molecule has 0 saturated carbocycles. The van der Waals surface area contributed by atoms with Gasteiger partial charge in [0.2, 0.25) is 0 Å². The van der Waals surface area contributed by atoms with Crippen molar-refractivity contribution in [2.45, 2.75) is 51.6 Å². The summed E-state index contributed by atoms with van der Waals surface area (Å²) >= 11 is 1.81. The molecule has 0 amide bonds. The molecule has 5 rings (SSSR count). The number of likely N-dealkylation sites (tertiary alicyclic amines) is 2. The number of hydrogen-bond acceptors (Lipinski definition) is 6. The number of methoxy groups -OCH3 is 1. The largest absolute Gasteiger partial charge is 0.488 e. The van der Waals surface area contributed by atoms with Crippen LogP contribution < -0.4 is 4.74 Å². The smallest absolute Gasteiger partial charge is 0.309 e. The minimum atomic E-state index is -0.210. The van der Waals surface area contributed by atoms with Crippen molar-refractivity contribution in [3.8, 4) is 5.75 Å². The van der Waals surface area contributed by atoms with Gasteiger partial charge >= 0.3 is 5.97 Å². The van der Waals surface area contributed by atoms with Crippen LogP contribution in [0.15, 0.2) is 35.2 Å². The Balaban J connectivity index is 1.33. The molecule has 0 N–H and O–H groups in total. The quantitative estimate of drug-likeness (QED) is 0.536. The zero-order valence-corrected chi connectivity index (χ0v) is 21.1. The maximum Gasteiger partial charge on any atom is 0.309 e. The summed E-state index contributed by atoms with van der Waals surface area (Å²) in [6, 6.07) is 8.36. The van der Waals surface area contributed by atoms with E-state index in [9.17, 15) is 4.79 Å². The van der Waals surface area contributed by atoms with Gasteiger partial charge in [0, 0.05) is 34.7 Å². The summed E-state index contributed by atoms with van der Waals surface area (Å²) in [4.78, 5) is 18.5. The van der Waals surface area contributed by atoms with Gasteiger partial charge in [0.1, 0.15) is 12.4 Å². The molecule has 4 heterocycles. The first-order chi connectivity index (χ1) is 16.7. The number of nitrogens with zero attached hydrogens (tertiary/aromatic N) is 2. The molecule has 2 saturated heterocycles. The predicted octanol–water partition coefficient (Wildman–Crippen LogP) is 5.13. The molecule has 3 aliphatic heterocycles. The van der Waals surface area contributed by atoms with Crippen LogP contribution in [-0.2, 0) is 22.6 Å². The molecule has 3 aliphatic rings. The highest BCUT2D eigenvalue weighted by molar-refractivity contribution is 7.11. The lowest BCUT2D eigenvalue weighted by atomic mass is 9.89. The minimum absolute atomic E-state index is 0.210. The van der Waals surface area contributed by atoms with Gasteiger partial charge in [-0.25, -0.2) is 0 Å². The van der Waals surface area contributed by atoms with Crippen LogP contribution in [-0.4, -0.2) is 62.1 Å². The van der Waals surface area contributed by atoms with Gasteiger partial charge in [-0.3, -0.25) is 4.79 Å². The van der Waals surface area contributed by atoms with Gasteiger partial charge in [-0.15, -0.1) is 11.3 Å². The average molecular weight is 481 g/mol. The number of rotatable bonds is 6. The van der Waals surface area contributed by atoms with Crippen LogP contribution in [0.3, 0.4) is 0 Å². The van der Waals surface area contributed by atoms with Crippen molar-refractivity contribution in [3.63, 3.8) is 0 Å². The number of ether oxygens (including phenoxy) is 2. The van der Waals surface area contributed by atoms with E-state index < -0.39 is 0 Å². The van der Waals surface area contributed by atoms with Crippen LogP contribution in [0.2, 0.25) is 0 Å². The van der Waals surface area contributed by atoms with Gasteiger partial charge in [-0.05, 0) is 87.4 Å². The summed E-state index contributed by atoms with van der Waals surface area (Å²) in [7, 11) is 1.44. The number of esters is 1. The SMILES string of the molecule is COC(=O)Cc1ccc2c(c1)C(=C1CCN(CCCN3CCCCC3)CC1)c1sccc1CO2. The first-order valence-corrected chi connectivity index (χ1v) is 13.7. The third kappa shape index (κ3) is 5.40. The Bertz CT molecular complexity index is 1030. The summed E-state index contributed by atoms with van der Waals surface area (Å²) in [5.41, 5.74) is 6.25. The fraction of sp³-hybridized carbons (Fsp3) is 0.536. The van der Waals surface area contributed by atoms with Crippen molar-refractivity contribution in [1.29, 1.82) is 0 Å². The number of carbonyl (C=O) groups excluding carboxylic acids is 1. The molecule has 5 nitrogen and oxygen atoms in total. The Morgan fingerprint density at radius 3 is 2.56 bits per heavy atom. The summed E-state index contributed by atoms with van der Waals surface area (Å²) in [6.07, 6.45) is 7.90. The number of hydrogen-bond donors (Lipinski definition) is 0. The Hall–Kier alpha value is -2.15. The van der Waals surface area contributed by atoms with E-state index in [2.05, 4.69) is 27.3 Å². The molecular formula is C28H36N2O3S. The number of benzene rings is 1. The molecule has 0 bridgehead atoms. The number of thiophene rings is 1. The lowest BCUT2D eigenvalue weighted by Gasteiger charge is -2.31. The Morgan fingerprint density at radius 2 is 1.79 bits per heavy atom. The van der Waals surface area contributed by atoms with Crippen molar-refractivity contribution in [2.24, 2.45) is 0 Å². The molecule has 6 heteroatoms. The average Bonchev–Trinajstić information content (AvgIpc) is 3.27. The molecule has 0 unspecified atom stereocenters. The van der Waals surface area contributed by atoms with Crippen molar-refractivity contribution < 1.29 is 14.3 Å². The fourth-order valence-electron chi connectivity index (χ4n) is 5.54. The van der Waals surface area contributed by atoms with Crippen LogP contribution in [0.5, 0.6) is 5.75 Å². The molecule has 2 aromatic rings. The zero-order valence-electron chi connectivity index (χ0n) is 20.3. The van der Waals surface area contributed by atoms with Crippen molar-refractivity contribution in [2.75, 3.05) is 46.4 Å². The molecule has 0 aliphatic carbocycles. The molecule has 1 aromatic heterocycles. The van der Waals surface area contributed by atoms with Crippen molar-refractivity contribution >= 4 is 22.9 Å². The van der Waals surface area contributed by atoms with Gasteiger partial charge in [0.25, 0.3) is 0 Å². The van der Waals surface area contributed by atoms with Gasteiger partial charge in [0.05, 0.1) is 13.5 Å². The van der Waals surface area contributed by atoms with E-state index in [0.29, 0.717) is 6.61 Å². The number of fused-ring (bicyclic) bond motifs is 2.